The fourth-order valence-electron chi connectivity index (χ4n) is 1.74. The van der Waals surface area contributed by atoms with Gasteiger partial charge in [-0.05, 0) is 34.5 Å². The second kappa shape index (κ2) is 8.71. The van der Waals surface area contributed by atoms with Crippen molar-refractivity contribution in [3.63, 3.8) is 0 Å². The average Bonchev–Trinajstić information content (AvgIpc) is 2.70. The van der Waals surface area contributed by atoms with Crippen molar-refractivity contribution in [2.75, 3.05) is 0 Å². The molecule has 3 heteroatoms. The van der Waals surface area contributed by atoms with E-state index in [0.29, 0.717) is 4.83 Å². The van der Waals surface area contributed by atoms with Gasteiger partial charge in [0.25, 0.3) is 0 Å². The summed E-state index contributed by atoms with van der Waals surface area (Å²) in [5, 5.41) is 0. The van der Waals surface area contributed by atoms with Crippen LogP contribution >= 0.6 is 43.2 Å². The molecule has 1 unspecified atom stereocenters. The molecule has 1 heterocycles. The SMILES string of the molecule is CCCCCCCCC(Br)c1ccc(Br)s1. The van der Waals surface area contributed by atoms with Gasteiger partial charge >= 0.3 is 0 Å². The summed E-state index contributed by atoms with van der Waals surface area (Å²) in [6, 6.07) is 4.35. The highest BCUT2D eigenvalue weighted by Gasteiger charge is 2.09. The topological polar surface area (TPSA) is 0 Å². The van der Waals surface area contributed by atoms with Crippen LogP contribution in [0, 0.1) is 0 Å². The molecule has 1 aromatic heterocycles. The molecule has 0 aliphatic rings. The second-order valence-electron chi connectivity index (χ2n) is 4.17. The van der Waals surface area contributed by atoms with E-state index in [-0.39, 0.29) is 0 Å². The number of hydrogen-bond acceptors (Lipinski definition) is 1. The third-order valence-corrected chi connectivity index (χ3v) is 5.71. The number of halogens is 2. The number of rotatable bonds is 8. The Kier molecular flexibility index (Phi) is 8.01. The van der Waals surface area contributed by atoms with Crippen LogP contribution in [0.5, 0.6) is 0 Å². The predicted octanol–water partition coefficient (Wildman–Crippen LogP) is 6.70. The maximum Gasteiger partial charge on any atom is 0.0701 e. The van der Waals surface area contributed by atoms with Gasteiger partial charge in [-0.1, -0.05) is 61.4 Å². The summed E-state index contributed by atoms with van der Waals surface area (Å²) in [5.41, 5.74) is 0. The molecule has 0 N–H and O–H groups in total. The van der Waals surface area contributed by atoms with Crippen LogP contribution in [0.15, 0.2) is 15.9 Å². The standard InChI is InChI=1S/C13H20Br2S/c1-2-3-4-5-6-7-8-11(14)12-9-10-13(15)16-12/h9-11H,2-8H2,1H3. The molecule has 0 saturated carbocycles. The highest BCUT2D eigenvalue weighted by molar-refractivity contribution is 9.11. The molecular weight excluding hydrogens is 348 g/mol. The molecule has 0 aliphatic carbocycles. The monoisotopic (exact) mass is 366 g/mol. The molecular formula is C13H20Br2S. The van der Waals surface area contributed by atoms with Crippen LogP contribution in [0.2, 0.25) is 0 Å². The minimum absolute atomic E-state index is 0.551. The van der Waals surface area contributed by atoms with Gasteiger partial charge in [-0.15, -0.1) is 11.3 Å². The summed E-state index contributed by atoms with van der Waals surface area (Å²) >= 11 is 9.12. The fourth-order valence-corrected chi connectivity index (χ4v) is 3.94. The fraction of sp³-hybridized carbons (Fsp3) is 0.692. The first kappa shape index (κ1) is 14.7. The lowest BCUT2D eigenvalue weighted by Crippen LogP contribution is -1.87. The van der Waals surface area contributed by atoms with Gasteiger partial charge in [0.05, 0.1) is 3.79 Å². The number of unbranched alkanes of at least 4 members (excludes halogenated alkanes) is 5. The molecule has 0 bridgehead atoms. The lowest BCUT2D eigenvalue weighted by Gasteiger charge is -2.06. The summed E-state index contributed by atoms with van der Waals surface area (Å²) in [4.78, 5) is 2.00. The Labute approximate surface area is 120 Å². The van der Waals surface area contributed by atoms with Crippen molar-refractivity contribution in [2.24, 2.45) is 0 Å². The highest BCUT2D eigenvalue weighted by atomic mass is 79.9. The summed E-state index contributed by atoms with van der Waals surface area (Å²) in [6.07, 6.45) is 9.54. The zero-order chi connectivity index (χ0) is 11.8. The maximum atomic E-state index is 3.77. The van der Waals surface area contributed by atoms with E-state index in [2.05, 4.69) is 50.9 Å². The van der Waals surface area contributed by atoms with Gasteiger partial charge in [-0.25, -0.2) is 0 Å². The lowest BCUT2D eigenvalue weighted by atomic mass is 10.1. The number of thiophene rings is 1. The Hall–Kier alpha value is 0.660. The third kappa shape index (κ3) is 5.83. The quantitative estimate of drug-likeness (QED) is 0.354. The molecule has 1 atom stereocenters. The van der Waals surface area contributed by atoms with Crippen LogP contribution in [-0.4, -0.2) is 0 Å². The Morgan fingerprint density at radius 1 is 1.12 bits per heavy atom. The zero-order valence-electron chi connectivity index (χ0n) is 9.85. The normalized spacial score (nSPS) is 12.9. The second-order valence-corrected chi connectivity index (χ2v) is 7.77. The van der Waals surface area contributed by atoms with Gasteiger partial charge in [-0.3, -0.25) is 0 Å². The average molecular weight is 368 g/mol. The minimum Gasteiger partial charge on any atom is -0.132 e. The Morgan fingerprint density at radius 3 is 2.44 bits per heavy atom. The van der Waals surface area contributed by atoms with E-state index in [1.54, 1.807) is 0 Å². The van der Waals surface area contributed by atoms with Gasteiger partial charge < -0.3 is 0 Å². The molecule has 1 aromatic rings. The maximum absolute atomic E-state index is 3.77. The molecule has 0 amide bonds. The van der Waals surface area contributed by atoms with E-state index >= 15 is 0 Å². The van der Waals surface area contributed by atoms with Crippen molar-refractivity contribution < 1.29 is 0 Å². The molecule has 1 rings (SSSR count). The minimum atomic E-state index is 0.551. The third-order valence-electron chi connectivity index (χ3n) is 2.71. The van der Waals surface area contributed by atoms with Crippen LogP contribution in [0.3, 0.4) is 0 Å². The van der Waals surface area contributed by atoms with Crippen molar-refractivity contribution in [1.29, 1.82) is 0 Å². The van der Waals surface area contributed by atoms with E-state index in [1.165, 1.54) is 53.6 Å². The first-order valence-corrected chi connectivity index (χ1v) is 8.66. The molecule has 92 valence electrons. The zero-order valence-corrected chi connectivity index (χ0v) is 13.8. The smallest absolute Gasteiger partial charge is 0.0701 e. The van der Waals surface area contributed by atoms with Crippen molar-refractivity contribution in [1.82, 2.24) is 0 Å². The summed E-state index contributed by atoms with van der Waals surface area (Å²) in [5.74, 6) is 0. The van der Waals surface area contributed by atoms with Crippen molar-refractivity contribution in [3.8, 4) is 0 Å². The van der Waals surface area contributed by atoms with Crippen molar-refractivity contribution in [3.05, 3.63) is 20.8 Å². The molecule has 0 spiro atoms. The van der Waals surface area contributed by atoms with Crippen molar-refractivity contribution in [2.45, 2.75) is 56.7 Å². The molecule has 0 fully saturated rings. The number of hydrogen-bond donors (Lipinski definition) is 0. The van der Waals surface area contributed by atoms with E-state index in [4.69, 9.17) is 0 Å². The van der Waals surface area contributed by atoms with Gasteiger partial charge in [0.1, 0.15) is 0 Å². The highest BCUT2D eigenvalue weighted by Crippen LogP contribution is 2.35. The predicted molar refractivity (Wildman–Crippen MR) is 81.7 cm³/mol. The molecule has 0 aliphatic heterocycles. The summed E-state index contributed by atoms with van der Waals surface area (Å²) in [7, 11) is 0. The van der Waals surface area contributed by atoms with E-state index < -0.39 is 0 Å². The molecule has 0 aromatic carbocycles. The molecule has 0 radical (unpaired) electrons. The van der Waals surface area contributed by atoms with E-state index in [9.17, 15) is 0 Å². The van der Waals surface area contributed by atoms with E-state index in [0.717, 1.165) is 0 Å². The molecule has 0 saturated heterocycles. The Bertz CT molecular complexity index is 283. The first-order chi connectivity index (χ1) is 7.74. The van der Waals surface area contributed by atoms with Crippen LogP contribution in [0.4, 0.5) is 0 Å². The van der Waals surface area contributed by atoms with Gasteiger partial charge in [-0.2, -0.15) is 0 Å². The summed E-state index contributed by atoms with van der Waals surface area (Å²) in [6.45, 7) is 2.27. The van der Waals surface area contributed by atoms with Gasteiger partial charge in [0.2, 0.25) is 0 Å². The molecule has 0 nitrogen and oxygen atoms in total. The van der Waals surface area contributed by atoms with E-state index in [1.807, 2.05) is 11.3 Å². The summed E-state index contributed by atoms with van der Waals surface area (Å²) < 4.78 is 1.23. The van der Waals surface area contributed by atoms with Gasteiger partial charge in [0, 0.05) is 9.70 Å². The van der Waals surface area contributed by atoms with Crippen LogP contribution in [0.25, 0.3) is 0 Å². The lowest BCUT2D eigenvalue weighted by molar-refractivity contribution is 0.589. The Morgan fingerprint density at radius 2 is 1.81 bits per heavy atom. The van der Waals surface area contributed by atoms with Crippen LogP contribution in [0.1, 0.15) is 61.6 Å². The largest absolute Gasteiger partial charge is 0.132 e. The van der Waals surface area contributed by atoms with Crippen molar-refractivity contribution >= 4 is 43.2 Å². The first-order valence-electron chi connectivity index (χ1n) is 6.13. The van der Waals surface area contributed by atoms with Crippen LogP contribution in [-0.2, 0) is 0 Å². The van der Waals surface area contributed by atoms with Crippen LogP contribution < -0.4 is 0 Å². The molecule has 16 heavy (non-hydrogen) atoms. The Balaban J connectivity index is 2.09. The number of alkyl halides is 1. The van der Waals surface area contributed by atoms with Gasteiger partial charge in [0.15, 0.2) is 0 Å².